The first-order chi connectivity index (χ1) is 13.7. The van der Waals surface area contributed by atoms with E-state index in [1.807, 2.05) is 24.3 Å². The van der Waals surface area contributed by atoms with Crippen LogP contribution in [0.25, 0.3) is 0 Å². The fourth-order valence-corrected chi connectivity index (χ4v) is 3.69. The Morgan fingerprint density at radius 2 is 1.86 bits per heavy atom. The molecule has 0 amide bonds. The molecule has 1 aliphatic rings. The van der Waals surface area contributed by atoms with Crippen LogP contribution in [0.15, 0.2) is 48.5 Å². The molecule has 1 aliphatic heterocycles. The van der Waals surface area contributed by atoms with E-state index in [4.69, 9.17) is 9.84 Å². The van der Waals surface area contributed by atoms with Crippen LogP contribution in [-0.2, 0) is 19.5 Å². The van der Waals surface area contributed by atoms with Gasteiger partial charge in [-0.3, -0.25) is 9.80 Å². The lowest BCUT2D eigenvalue weighted by molar-refractivity contribution is 0.0638. The van der Waals surface area contributed by atoms with Crippen LogP contribution in [0.2, 0.25) is 0 Å². The first-order valence-corrected chi connectivity index (χ1v) is 10.2. The molecule has 0 aliphatic carbocycles. The second-order valence-electron chi connectivity index (χ2n) is 7.45. The first-order valence-electron chi connectivity index (χ1n) is 10.2. The van der Waals surface area contributed by atoms with E-state index in [1.165, 1.54) is 16.7 Å². The van der Waals surface area contributed by atoms with Gasteiger partial charge in [-0.25, -0.2) is 0 Å². The summed E-state index contributed by atoms with van der Waals surface area (Å²) in [7, 11) is 0. The van der Waals surface area contributed by atoms with Gasteiger partial charge in [-0.1, -0.05) is 43.3 Å². The van der Waals surface area contributed by atoms with Crippen molar-refractivity contribution in [2.24, 2.45) is 0 Å². The lowest BCUT2D eigenvalue weighted by Crippen LogP contribution is -2.38. The van der Waals surface area contributed by atoms with Crippen LogP contribution in [-0.4, -0.2) is 65.5 Å². The molecule has 28 heavy (non-hydrogen) atoms. The minimum atomic E-state index is -0.509. The number of β-amino-alcohol motifs (C(OH)–C–C–N with tert-alkyl or cyclic N) is 1. The molecule has 5 heteroatoms. The first kappa shape index (κ1) is 20.8. The van der Waals surface area contributed by atoms with Gasteiger partial charge in [0, 0.05) is 32.7 Å². The van der Waals surface area contributed by atoms with Crippen molar-refractivity contribution < 1.29 is 14.9 Å². The van der Waals surface area contributed by atoms with E-state index >= 15 is 0 Å². The molecule has 5 nitrogen and oxygen atoms in total. The second kappa shape index (κ2) is 10.6. The number of aliphatic hydroxyl groups excluding tert-OH is 2. The Morgan fingerprint density at radius 3 is 2.57 bits per heavy atom. The lowest BCUT2D eigenvalue weighted by Gasteiger charge is -2.30. The van der Waals surface area contributed by atoms with Crippen LogP contribution >= 0.6 is 0 Å². The molecule has 1 atom stereocenters. The molecule has 0 fully saturated rings. The molecule has 0 saturated heterocycles. The highest BCUT2D eigenvalue weighted by molar-refractivity contribution is 5.29. The van der Waals surface area contributed by atoms with Crippen molar-refractivity contribution in [2.45, 2.75) is 32.5 Å². The molecular weight excluding hydrogens is 352 g/mol. The van der Waals surface area contributed by atoms with Crippen molar-refractivity contribution >= 4 is 0 Å². The number of fused-ring (bicyclic) bond motifs is 1. The summed E-state index contributed by atoms with van der Waals surface area (Å²) in [6.07, 6.45) is 0.529. The third-order valence-corrected chi connectivity index (χ3v) is 5.31. The molecule has 0 spiro atoms. The normalized spacial score (nSPS) is 15.4. The van der Waals surface area contributed by atoms with Crippen LogP contribution in [0.1, 0.15) is 23.6 Å². The highest BCUT2D eigenvalue weighted by atomic mass is 16.5. The monoisotopic (exact) mass is 384 g/mol. The van der Waals surface area contributed by atoms with Crippen molar-refractivity contribution in [1.82, 2.24) is 9.80 Å². The molecule has 0 aromatic heterocycles. The molecule has 2 aromatic carbocycles. The fourth-order valence-electron chi connectivity index (χ4n) is 3.69. The zero-order chi connectivity index (χ0) is 19.8. The van der Waals surface area contributed by atoms with Crippen molar-refractivity contribution in [3.63, 3.8) is 0 Å². The minimum absolute atomic E-state index is 0.176. The van der Waals surface area contributed by atoms with Crippen molar-refractivity contribution in [3.8, 4) is 5.75 Å². The summed E-state index contributed by atoms with van der Waals surface area (Å²) in [6.45, 7) is 7.46. The summed E-state index contributed by atoms with van der Waals surface area (Å²) in [5.41, 5.74) is 3.97. The maximum atomic E-state index is 10.4. The Hall–Kier alpha value is -1.92. The van der Waals surface area contributed by atoms with E-state index in [0.717, 1.165) is 38.3 Å². The van der Waals surface area contributed by atoms with Gasteiger partial charge in [0.05, 0.1) is 6.61 Å². The number of hydrogen-bond acceptors (Lipinski definition) is 5. The summed E-state index contributed by atoms with van der Waals surface area (Å²) in [4.78, 5) is 4.48. The van der Waals surface area contributed by atoms with Crippen molar-refractivity contribution in [3.05, 3.63) is 65.2 Å². The predicted octanol–water partition coefficient (Wildman–Crippen LogP) is 2.30. The molecule has 2 aromatic rings. The smallest absolute Gasteiger partial charge is 0.119 e. The maximum absolute atomic E-state index is 10.4. The molecule has 0 radical (unpaired) electrons. The Balaban J connectivity index is 1.43. The Morgan fingerprint density at radius 1 is 1.11 bits per heavy atom. The molecule has 2 N–H and O–H groups in total. The van der Waals surface area contributed by atoms with Crippen molar-refractivity contribution in [2.75, 3.05) is 39.4 Å². The topological polar surface area (TPSA) is 56.2 Å². The highest BCUT2D eigenvalue weighted by Crippen LogP contribution is 2.19. The number of rotatable bonds is 10. The van der Waals surface area contributed by atoms with E-state index in [2.05, 4.69) is 41.0 Å². The van der Waals surface area contributed by atoms with Gasteiger partial charge < -0.3 is 14.9 Å². The molecule has 3 rings (SSSR count). The van der Waals surface area contributed by atoms with Gasteiger partial charge in [0.2, 0.25) is 0 Å². The van der Waals surface area contributed by atoms with Crippen LogP contribution in [0.4, 0.5) is 0 Å². The van der Waals surface area contributed by atoms with E-state index in [9.17, 15) is 5.11 Å². The van der Waals surface area contributed by atoms with Gasteiger partial charge in [-0.05, 0) is 41.8 Å². The van der Waals surface area contributed by atoms with E-state index in [0.29, 0.717) is 19.7 Å². The highest BCUT2D eigenvalue weighted by Gasteiger charge is 2.18. The molecule has 0 unspecified atom stereocenters. The molecule has 0 bridgehead atoms. The number of hydrogen-bond donors (Lipinski definition) is 2. The quantitative estimate of drug-likeness (QED) is 0.658. The van der Waals surface area contributed by atoms with Gasteiger partial charge in [-0.2, -0.15) is 0 Å². The summed E-state index contributed by atoms with van der Waals surface area (Å²) in [5.74, 6) is 0.775. The summed E-state index contributed by atoms with van der Waals surface area (Å²) < 4.78 is 5.78. The van der Waals surface area contributed by atoms with Gasteiger partial charge in [-0.15, -0.1) is 0 Å². The predicted molar refractivity (Wildman–Crippen MR) is 111 cm³/mol. The lowest BCUT2D eigenvalue weighted by atomic mass is 10.00. The number of likely N-dealkylation sites (N-methyl/N-ethyl adjacent to an activating group) is 1. The maximum Gasteiger partial charge on any atom is 0.119 e. The van der Waals surface area contributed by atoms with Gasteiger partial charge in [0.15, 0.2) is 0 Å². The fraction of sp³-hybridized carbons (Fsp3) is 0.478. The van der Waals surface area contributed by atoms with E-state index < -0.39 is 6.10 Å². The number of nitrogens with zero attached hydrogens (tertiary/aromatic N) is 2. The average molecular weight is 385 g/mol. The zero-order valence-electron chi connectivity index (χ0n) is 16.8. The molecule has 1 heterocycles. The van der Waals surface area contributed by atoms with Crippen LogP contribution < -0.4 is 4.74 Å². The van der Waals surface area contributed by atoms with Gasteiger partial charge in [0.25, 0.3) is 0 Å². The van der Waals surface area contributed by atoms with Crippen LogP contribution in [0.3, 0.4) is 0 Å². The standard InChI is InChI=1S/C23H32N2O3/c1-2-24(13-14-26)15-19-7-9-23(10-8-19)28-18-22(27)17-25-12-11-20-5-3-4-6-21(20)16-25/h3-10,22,26-27H,2,11-18H2,1H3/t22-/m0/s1. The third-order valence-electron chi connectivity index (χ3n) is 5.31. The number of ether oxygens (including phenoxy) is 1. The Kier molecular flexibility index (Phi) is 7.86. The zero-order valence-corrected chi connectivity index (χ0v) is 16.8. The average Bonchev–Trinajstić information content (AvgIpc) is 2.73. The van der Waals surface area contributed by atoms with Gasteiger partial charge in [0.1, 0.15) is 18.5 Å². The summed E-state index contributed by atoms with van der Waals surface area (Å²) in [6, 6.07) is 16.5. The molecular formula is C23H32N2O3. The van der Waals surface area contributed by atoms with Crippen LogP contribution in [0, 0.1) is 0 Å². The van der Waals surface area contributed by atoms with E-state index in [-0.39, 0.29) is 6.61 Å². The van der Waals surface area contributed by atoms with Crippen molar-refractivity contribution in [1.29, 1.82) is 0 Å². The number of benzene rings is 2. The Bertz CT molecular complexity index is 720. The molecule has 152 valence electrons. The largest absolute Gasteiger partial charge is 0.491 e. The second-order valence-corrected chi connectivity index (χ2v) is 7.45. The molecule has 0 saturated carbocycles. The number of aliphatic hydroxyl groups is 2. The minimum Gasteiger partial charge on any atom is -0.491 e. The van der Waals surface area contributed by atoms with Crippen LogP contribution in [0.5, 0.6) is 5.75 Å². The summed E-state index contributed by atoms with van der Waals surface area (Å²) >= 11 is 0. The summed E-state index contributed by atoms with van der Waals surface area (Å²) in [5, 5.41) is 19.5. The van der Waals surface area contributed by atoms with Gasteiger partial charge >= 0.3 is 0 Å². The SMILES string of the molecule is CCN(CCO)Cc1ccc(OC[C@@H](O)CN2CCc3ccccc3C2)cc1. The Labute approximate surface area is 168 Å². The van der Waals surface area contributed by atoms with E-state index in [1.54, 1.807) is 0 Å². The third kappa shape index (κ3) is 6.04.